The van der Waals surface area contributed by atoms with Gasteiger partial charge in [-0.2, -0.15) is 0 Å². The van der Waals surface area contributed by atoms with Gasteiger partial charge in [-0.3, -0.25) is 0 Å². The highest BCUT2D eigenvalue weighted by atomic mass is 79.9. The van der Waals surface area contributed by atoms with E-state index >= 15 is 0 Å². The fourth-order valence-electron chi connectivity index (χ4n) is 5.91. The molecule has 0 bridgehead atoms. The van der Waals surface area contributed by atoms with Crippen molar-refractivity contribution in [2.24, 2.45) is 0 Å². The highest BCUT2D eigenvalue weighted by molar-refractivity contribution is 9.10. The van der Waals surface area contributed by atoms with Crippen LogP contribution in [-0.4, -0.2) is 0 Å². The molecule has 7 aromatic carbocycles. The van der Waals surface area contributed by atoms with Gasteiger partial charge in [-0.25, -0.2) is 0 Å². The van der Waals surface area contributed by atoms with E-state index in [4.69, 9.17) is 0 Å². The van der Waals surface area contributed by atoms with Crippen LogP contribution in [-0.2, 0) is 0 Å². The van der Waals surface area contributed by atoms with Crippen molar-refractivity contribution in [2.75, 3.05) is 4.90 Å². The molecule has 0 aliphatic heterocycles. The van der Waals surface area contributed by atoms with Gasteiger partial charge >= 0.3 is 0 Å². The average molecular weight is 607 g/mol. The molecule has 1 aromatic heterocycles. The molecule has 0 radical (unpaired) electrons. The molecule has 41 heavy (non-hydrogen) atoms. The van der Waals surface area contributed by atoms with Crippen LogP contribution in [0.2, 0.25) is 0 Å². The van der Waals surface area contributed by atoms with Gasteiger partial charge in [0.2, 0.25) is 0 Å². The van der Waals surface area contributed by atoms with Crippen molar-refractivity contribution in [1.29, 1.82) is 0 Å². The van der Waals surface area contributed by atoms with E-state index in [0.717, 1.165) is 21.5 Å². The first kappa shape index (κ1) is 24.4. The molecular formula is C38H24BrNS. The topological polar surface area (TPSA) is 3.24 Å². The van der Waals surface area contributed by atoms with Gasteiger partial charge in [0.25, 0.3) is 0 Å². The van der Waals surface area contributed by atoms with E-state index in [1.54, 1.807) is 0 Å². The van der Waals surface area contributed by atoms with Gasteiger partial charge in [-0.15, -0.1) is 11.3 Å². The average Bonchev–Trinajstić information content (AvgIpc) is 3.41. The highest BCUT2D eigenvalue weighted by Gasteiger charge is 2.18. The Balaban J connectivity index is 1.36. The van der Waals surface area contributed by atoms with Gasteiger partial charge in [0.15, 0.2) is 0 Å². The summed E-state index contributed by atoms with van der Waals surface area (Å²) in [4.78, 5) is 2.38. The van der Waals surface area contributed by atoms with E-state index in [0.29, 0.717) is 0 Å². The molecule has 0 fully saturated rings. The normalized spacial score (nSPS) is 11.5. The van der Waals surface area contributed by atoms with E-state index in [1.807, 2.05) is 11.3 Å². The fraction of sp³-hybridized carbons (Fsp3) is 0. The largest absolute Gasteiger partial charge is 0.310 e. The van der Waals surface area contributed by atoms with Crippen LogP contribution in [0.25, 0.3) is 52.8 Å². The predicted octanol–water partition coefficient (Wildman–Crippen LogP) is 12.3. The van der Waals surface area contributed by atoms with Gasteiger partial charge in [0.05, 0.1) is 0 Å². The lowest BCUT2D eigenvalue weighted by Crippen LogP contribution is -2.10. The summed E-state index contributed by atoms with van der Waals surface area (Å²) in [6, 6.07) is 52.7. The van der Waals surface area contributed by atoms with Crippen molar-refractivity contribution in [3.8, 4) is 11.1 Å². The molecule has 1 heterocycles. The lowest BCUT2D eigenvalue weighted by molar-refractivity contribution is 1.29. The first-order valence-corrected chi connectivity index (χ1v) is 15.3. The first-order chi connectivity index (χ1) is 20.2. The Kier molecular flexibility index (Phi) is 5.87. The summed E-state index contributed by atoms with van der Waals surface area (Å²) >= 11 is 5.78. The van der Waals surface area contributed by atoms with Crippen LogP contribution in [0.4, 0.5) is 17.1 Å². The van der Waals surface area contributed by atoms with Gasteiger partial charge in [0.1, 0.15) is 0 Å². The number of nitrogens with zero attached hydrogens (tertiary/aromatic N) is 1. The van der Waals surface area contributed by atoms with E-state index in [1.165, 1.54) is 52.8 Å². The second-order valence-electron chi connectivity index (χ2n) is 10.3. The number of hydrogen-bond donors (Lipinski definition) is 0. The maximum Gasteiger partial charge on any atom is 0.0499 e. The second-order valence-corrected chi connectivity index (χ2v) is 12.2. The number of halogens is 1. The molecule has 0 saturated carbocycles. The number of fused-ring (bicyclic) bond motifs is 6. The third-order valence-electron chi connectivity index (χ3n) is 7.90. The Morgan fingerprint density at radius 2 is 1.05 bits per heavy atom. The molecule has 0 amide bonds. The standard InChI is InChI=1S/C38H24BrNS/c39-36-24-31(23-35-33-12-6-7-13-37(33)41-38(35)36)40(29-19-16-26(17-20-29)25-8-2-1-3-9-25)30-21-18-28-15-14-27-10-4-5-11-32(27)34(28)22-30/h1-24H. The minimum absolute atomic E-state index is 1.11. The molecule has 0 spiro atoms. The van der Waals surface area contributed by atoms with Gasteiger partial charge in [0, 0.05) is 41.7 Å². The molecule has 0 aliphatic rings. The second kappa shape index (κ2) is 9.88. The fourth-order valence-corrected chi connectivity index (χ4v) is 7.69. The van der Waals surface area contributed by atoms with Crippen LogP contribution in [0.15, 0.2) is 150 Å². The molecule has 3 heteroatoms. The van der Waals surface area contributed by atoms with Gasteiger partial charge in [-0.1, -0.05) is 103 Å². The molecule has 0 N–H and O–H groups in total. The van der Waals surface area contributed by atoms with Crippen molar-refractivity contribution in [1.82, 2.24) is 0 Å². The minimum atomic E-state index is 1.11. The van der Waals surface area contributed by atoms with Crippen LogP contribution in [0.3, 0.4) is 0 Å². The zero-order valence-electron chi connectivity index (χ0n) is 22.1. The van der Waals surface area contributed by atoms with Crippen molar-refractivity contribution < 1.29 is 0 Å². The molecular weight excluding hydrogens is 582 g/mol. The van der Waals surface area contributed by atoms with E-state index in [-0.39, 0.29) is 0 Å². The molecule has 0 atom stereocenters. The SMILES string of the molecule is Brc1cc(N(c2ccc(-c3ccccc3)cc2)c2ccc3ccc4ccccc4c3c2)cc2c1sc1ccccc12. The van der Waals surface area contributed by atoms with Crippen molar-refractivity contribution >= 4 is 86.0 Å². The number of benzene rings is 7. The van der Waals surface area contributed by atoms with E-state index < -0.39 is 0 Å². The zero-order valence-corrected chi connectivity index (χ0v) is 24.5. The Hall–Kier alpha value is -4.44. The summed E-state index contributed by atoms with van der Waals surface area (Å²) in [5, 5.41) is 7.59. The van der Waals surface area contributed by atoms with Crippen LogP contribution < -0.4 is 4.90 Å². The Morgan fingerprint density at radius 1 is 0.439 bits per heavy atom. The van der Waals surface area contributed by atoms with Crippen LogP contribution >= 0.6 is 27.3 Å². The summed E-state index contributed by atoms with van der Waals surface area (Å²) in [7, 11) is 0. The van der Waals surface area contributed by atoms with Crippen LogP contribution in [0.5, 0.6) is 0 Å². The minimum Gasteiger partial charge on any atom is -0.310 e. The maximum absolute atomic E-state index is 3.94. The number of thiophene rings is 1. The monoisotopic (exact) mass is 605 g/mol. The van der Waals surface area contributed by atoms with E-state index in [2.05, 4.69) is 166 Å². The number of anilines is 3. The summed E-state index contributed by atoms with van der Waals surface area (Å²) in [5.74, 6) is 0. The molecule has 0 aliphatic carbocycles. The molecule has 0 unspecified atom stereocenters. The summed E-state index contributed by atoms with van der Waals surface area (Å²) in [6.07, 6.45) is 0. The summed E-state index contributed by atoms with van der Waals surface area (Å²) in [6.45, 7) is 0. The zero-order chi connectivity index (χ0) is 27.3. The molecule has 8 rings (SSSR count). The van der Waals surface area contributed by atoms with Gasteiger partial charge < -0.3 is 4.90 Å². The summed E-state index contributed by atoms with van der Waals surface area (Å²) in [5.41, 5.74) is 5.80. The number of hydrogen-bond acceptors (Lipinski definition) is 2. The maximum atomic E-state index is 3.94. The molecule has 1 nitrogen and oxygen atoms in total. The molecule has 8 aromatic rings. The van der Waals surface area contributed by atoms with Crippen LogP contribution in [0, 0.1) is 0 Å². The predicted molar refractivity (Wildman–Crippen MR) is 182 cm³/mol. The Labute approximate surface area is 251 Å². The lowest BCUT2D eigenvalue weighted by atomic mass is 10.0. The lowest BCUT2D eigenvalue weighted by Gasteiger charge is -2.27. The van der Waals surface area contributed by atoms with Gasteiger partial charge in [-0.05, 0) is 91.1 Å². The third-order valence-corrected chi connectivity index (χ3v) is 10.0. The smallest absolute Gasteiger partial charge is 0.0499 e. The summed E-state index contributed by atoms with van der Waals surface area (Å²) < 4.78 is 3.69. The van der Waals surface area contributed by atoms with Crippen molar-refractivity contribution in [2.45, 2.75) is 0 Å². The van der Waals surface area contributed by atoms with Crippen molar-refractivity contribution in [3.63, 3.8) is 0 Å². The molecule has 0 saturated heterocycles. The van der Waals surface area contributed by atoms with Crippen molar-refractivity contribution in [3.05, 3.63) is 150 Å². The highest BCUT2D eigenvalue weighted by Crippen LogP contribution is 2.45. The number of rotatable bonds is 4. The molecule has 194 valence electrons. The Morgan fingerprint density at radius 3 is 1.88 bits per heavy atom. The van der Waals surface area contributed by atoms with Crippen LogP contribution in [0.1, 0.15) is 0 Å². The Bertz CT molecular complexity index is 2210. The van der Waals surface area contributed by atoms with E-state index in [9.17, 15) is 0 Å². The quantitative estimate of drug-likeness (QED) is 0.180. The first-order valence-electron chi connectivity index (χ1n) is 13.7. The third kappa shape index (κ3) is 4.21.